The average molecular weight is 511 g/mol. The zero-order valence-electron chi connectivity index (χ0n) is 22.8. The molecule has 2 aliphatic rings. The van der Waals surface area contributed by atoms with Crippen molar-refractivity contribution in [3.8, 4) is 23.0 Å². The summed E-state index contributed by atoms with van der Waals surface area (Å²) < 4.78 is 21.7. The van der Waals surface area contributed by atoms with Gasteiger partial charge in [-0.25, -0.2) is 0 Å². The van der Waals surface area contributed by atoms with E-state index in [1.54, 1.807) is 28.4 Å². The van der Waals surface area contributed by atoms with Crippen LogP contribution in [0.5, 0.6) is 23.0 Å². The van der Waals surface area contributed by atoms with Crippen LogP contribution in [0.3, 0.4) is 0 Å². The highest BCUT2D eigenvalue weighted by Crippen LogP contribution is 2.35. The van der Waals surface area contributed by atoms with Crippen LogP contribution in [0.15, 0.2) is 24.3 Å². The summed E-state index contributed by atoms with van der Waals surface area (Å²) in [6.07, 6.45) is 2.05. The third kappa shape index (κ3) is 5.48. The van der Waals surface area contributed by atoms with E-state index in [0.717, 1.165) is 24.0 Å². The summed E-state index contributed by atoms with van der Waals surface area (Å²) in [5, 5.41) is 0. The van der Waals surface area contributed by atoms with Crippen molar-refractivity contribution in [1.29, 1.82) is 0 Å². The van der Waals surface area contributed by atoms with Crippen molar-refractivity contribution >= 4 is 11.8 Å². The van der Waals surface area contributed by atoms with Crippen molar-refractivity contribution in [2.24, 2.45) is 11.8 Å². The first-order valence-electron chi connectivity index (χ1n) is 12.8. The van der Waals surface area contributed by atoms with Gasteiger partial charge in [-0.05, 0) is 65.8 Å². The molecule has 2 amide bonds. The molecule has 37 heavy (non-hydrogen) atoms. The molecule has 2 atom stereocenters. The highest BCUT2D eigenvalue weighted by molar-refractivity contribution is 5.82. The third-order valence-electron chi connectivity index (χ3n) is 7.61. The van der Waals surface area contributed by atoms with E-state index in [-0.39, 0.29) is 23.7 Å². The summed E-state index contributed by atoms with van der Waals surface area (Å²) in [4.78, 5) is 30.5. The lowest BCUT2D eigenvalue weighted by Crippen LogP contribution is -2.42. The van der Waals surface area contributed by atoms with Crippen LogP contribution in [-0.2, 0) is 35.5 Å². The normalized spacial score (nSPS) is 16.3. The standard InChI is InChI=1S/C29H38N2O6/c1-18(28(32)30-9-7-20-12-24(34-3)26(36-5)14-22(20)16-30)11-19(2)29(33)31-10-8-21-13-25(35-4)27(37-6)15-23(21)17-31/h12-15,18-19H,7-11,16-17H2,1-6H3. The minimum absolute atomic E-state index is 0.0842. The van der Waals surface area contributed by atoms with Crippen molar-refractivity contribution in [3.63, 3.8) is 0 Å². The molecule has 8 heteroatoms. The second-order valence-corrected chi connectivity index (χ2v) is 10.0. The molecule has 0 aliphatic carbocycles. The fourth-order valence-corrected chi connectivity index (χ4v) is 5.50. The third-order valence-corrected chi connectivity index (χ3v) is 7.61. The number of methoxy groups -OCH3 is 4. The van der Waals surface area contributed by atoms with Crippen molar-refractivity contribution in [2.75, 3.05) is 41.5 Å². The van der Waals surface area contributed by atoms with Crippen molar-refractivity contribution < 1.29 is 28.5 Å². The predicted octanol–water partition coefficient (Wildman–Crippen LogP) is 3.85. The first-order valence-corrected chi connectivity index (χ1v) is 12.8. The molecule has 2 aromatic carbocycles. The average Bonchev–Trinajstić information content (AvgIpc) is 2.93. The number of hydrogen-bond donors (Lipinski definition) is 0. The summed E-state index contributed by atoms with van der Waals surface area (Å²) >= 11 is 0. The van der Waals surface area contributed by atoms with Gasteiger partial charge in [0.15, 0.2) is 23.0 Å². The largest absolute Gasteiger partial charge is 0.493 e. The molecule has 0 fully saturated rings. The second-order valence-electron chi connectivity index (χ2n) is 10.0. The van der Waals surface area contributed by atoms with Gasteiger partial charge in [-0.15, -0.1) is 0 Å². The maximum atomic E-state index is 13.3. The van der Waals surface area contributed by atoms with Crippen LogP contribution in [0.4, 0.5) is 0 Å². The zero-order chi connectivity index (χ0) is 26.7. The maximum Gasteiger partial charge on any atom is 0.225 e. The second kappa shape index (κ2) is 11.3. The number of fused-ring (bicyclic) bond motifs is 2. The summed E-state index contributed by atoms with van der Waals surface area (Å²) in [6.45, 7) is 6.24. The van der Waals surface area contributed by atoms with Gasteiger partial charge in [-0.2, -0.15) is 0 Å². The summed E-state index contributed by atoms with van der Waals surface area (Å²) in [6, 6.07) is 7.93. The number of amides is 2. The molecule has 0 spiro atoms. The van der Waals surface area contributed by atoms with Gasteiger partial charge in [0, 0.05) is 38.0 Å². The Bertz CT molecular complexity index is 1070. The molecule has 200 valence electrons. The molecule has 0 saturated heterocycles. The van der Waals surface area contributed by atoms with Gasteiger partial charge in [-0.3, -0.25) is 9.59 Å². The number of nitrogens with zero attached hydrogens (tertiary/aromatic N) is 2. The monoisotopic (exact) mass is 510 g/mol. The minimum Gasteiger partial charge on any atom is -0.493 e. The smallest absolute Gasteiger partial charge is 0.225 e. The van der Waals surface area contributed by atoms with Gasteiger partial charge in [0.2, 0.25) is 11.8 Å². The highest BCUT2D eigenvalue weighted by Gasteiger charge is 2.31. The van der Waals surface area contributed by atoms with E-state index < -0.39 is 0 Å². The van der Waals surface area contributed by atoms with Crippen LogP contribution < -0.4 is 18.9 Å². The van der Waals surface area contributed by atoms with Crippen molar-refractivity contribution in [2.45, 2.75) is 46.2 Å². The highest BCUT2D eigenvalue weighted by atomic mass is 16.5. The number of rotatable bonds is 8. The van der Waals surface area contributed by atoms with Crippen molar-refractivity contribution in [1.82, 2.24) is 9.80 Å². The van der Waals surface area contributed by atoms with Gasteiger partial charge >= 0.3 is 0 Å². The lowest BCUT2D eigenvalue weighted by atomic mass is 9.92. The van der Waals surface area contributed by atoms with Gasteiger partial charge in [0.05, 0.1) is 28.4 Å². The molecule has 2 aromatic rings. The molecule has 8 nitrogen and oxygen atoms in total. The van der Waals surface area contributed by atoms with E-state index >= 15 is 0 Å². The Balaban J connectivity index is 1.37. The molecular formula is C29H38N2O6. The Morgan fingerprint density at radius 3 is 1.30 bits per heavy atom. The molecular weight excluding hydrogens is 472 g/mol. The van der Waals surface area contributed by atoms with E-state index in [9.17, 15) is 9.59 Å². The fraction of sp³-hybridized carbons (Fsp3) is 0.517. The van der Waals surface area contributed by atoms with Gasteiger partial charge in [0.25, 0.3) is 0 Å². The molecule has 0 radical (unpaired) electrons. The lowest BCUT2D eigenvalue weighted by Gasteiger charge is -2.34. The van der Waals surface area contributed by atoms with E-state index in [0.29, 0.717) is 55.6 Å². The molecule has 4 rings (SSSR count). The van der Waals surface area contributed by atoms with Crippen LogP contribution in [0, 0.1) is 11.8 Å². The molecule has 0 aromatic heterocycles. The SMILES string of the molecule is COc1cc2c(cc1OC)CN(C(=O)C(C)CC(C)C(=O)N1CCc3cc(OC)c(OC)cc3C1)CC2. The molecule has 0 bridgehead atoms. The molecule has 0 saturated carbocycles. The Hall–Kier alpha value is -3.42. The van der Waals surface area contributed by atoms with Crippen LogP contribution in [0.2, 0.25) is 0 Å². The van der Waals surface area contributed by atoms with E-state index in [1.165, 1.54) is 11.1 Å². The zero-order valence-corrected chi connectivity index (χ0v) is 22.8. The Morgan fingerprint density at radius 1 is 0.649 bits per heavy atom. The molecule has 2 aliphatic heterocycles. The van der Waals surface area contributed by atoms with Gasteiger partial charge < -0.3 is 28.7 Å². The van der Waals surface area contributed by atoms with Crippen LogP contribution >= 0.6 is 0 Å². The Kier molecular flexibility index (Phi) is 8.15. The maximum absolute atomic E-state index is 13.3. The molecule has 2 heterocycles. The quantitative estimate of drug-likeness (QED) is 0.537. The summed E-state index contributed by atoms with van der Waals surface area (Å²) in [7, 11) is 6.49. The van der Waals surface area contributed by atoms with Gasteiger partial charge in [-0.1, -0.05) is 13.8 Å². The van der Waals surface area contributed by atoms with Crippen LogP contribution in [0.1, 0.15) is 42.5 Å². The van der Waals surface area contributed by atoms with Crippen molar-refractivity contribution in [3.05, 3.63) is 46.5 Å². The Labute approximate surface area is 219 Å². The van der Waals surface area contributed by atoms with E-state index in [1.807, 2.05) is 47.9 Å². The number of ether oxygens (including phenoxy) is 4. The topological polar surface area (TPSA) is 77.5 Å². The van der Waals surface area contributed by atoms with Gasteiger partial charge in [0.1, 0.15) is 0 Å². The number of benzene rings is 2. The molecule has 0 N–H and O–H groups in total. The summed E-state index contributed by atoms with van der Waals surface area (Å²) in [5.74, 6) is 2.43. The van der Waals surface area contributed by atoms with Crippen LogP contribution in [-0.4, -0.2) is 63.1 Å². The first kappa shape index (κ1) is 26.6. The predicted molar refractivity (Wildman–Crippen MR) is 140 cm³/mol. The Morgan fingerprint density at radius 2 is 0.973 bits per heavy atom. The summed E-state index contributed by atoms with van der Waals surface area (Å²) in [5.41, 5.74) is 4.51. The lowest BCUT2D eigenvalue weighted by molar-refractivity contribution is -0.139. The van der Waals surface area contributed by atoms with E-state index in [4.69, 9.17) is 18.9 Å². The first-order chi connectivity index (χ1) is 17.8. The number of hydrogen-bond acceptors (Lipinski definition) is 6. The fourth-order valence-electron chi connectivity index (χ4n) is 5.50. The molecule has 2 unspecified atom stereocenters. The van der Waals surface area contributed by atoms with Crippen LogP contribution in [0.25, 0.3) is 0 Å². The minimum atomic E-state index is -0.248. The number of carbonyl (C=O) groups excluding carboxylic acids is 2. The number of carbonyl (C=O) groups is 2. The van der Waals surface area contributed by atoms with E-state index in [2.05, 4.69) is 0 Å².